The Morgan fingerprint density at radius 1 is 1.12 bits per heavy atom. The van der Waals surface area contributed by atoms with Crippen molar-refractivity contribution in [1.29, 1.82) is 0 Å². The van der Waals surface area contributed by atoms with E-state index in [2.05, 4.69) is 4.98 Å². The molecule has 0 unspecified atom stereocenters. The number of methoxy groups -OCH3 is 1. The molecule has 0 saturated carbocycles. The first-order valence-electron chi connectivity index (χ1n) is 7.78. The van der Waals surface area contributed by atoms with Gasteiger partial charge in [-0.15, -0.1) is 4.49 Å². The number of benzene rings is 2. The van der Waals surface area contributed by atoms with E-state index in [1.54, 1.807) is 6.07 Å². The Bertz CT molecular complexity index is 1220. The van der Waals surface area contributed by atoms with Crippen molar-refractivity contribution in [2.75, 3.05) is 7.11 Å². The second-order valence-corrected chi connectivity index (χ2v) is 9.39. The zero-order chi connectivity index (χ0) is 21.4. The SMILES string of the molecule is COc1ccc(-c2c(Cl)ncn2-c2ccc(S(=O)(=O)NP(=O)(O)O)cc2)cc1F.[KH].[KH].[KH]. The quantitative estimate of drug-likeness (QED) is 0.289. The van der Waals surface area contributed by atoms with Crippen LogP contribution in [0.2, 0.25) is 5.15 Å². The number of hydrogen-bond acceptors (Lipinski definition) is 5. The van der Waals surface area contributed by atoms with Crippen LogP contribution >= 0.6 is 19.3 Å². The van der Waals surface area contributed by atoms with E-state index in [9.17, 15) is 17.4 Å². The molecule has 0 amide bonds. The fourth-order valence-corrected chi connectivity index (χ4v) is 5.00. The molecule has 0 atom stereocenters. The van der Waals surface area contributed by atoms with Crippen molar-refractivity contribution in [3.05, 3.63) is 59.8 Å². The predicted molar refractivity (Wildman–Crippen MR) is 124 cm³/mol. The van der Waals surface area contributed by atoms with Crippen molar-refractivity contribution in [3.8, 4) is 22.7 Å². The summed E-state index contributed by atoms with van der Waals surface area (Å²) in [6.07, 6.45) is 1.37. The Hall–Kier alpha value is 2.64. The molecule has 1 heterocycles. The summed E-state index contributed by atoms with van der Waals surface area (Å²) in [7, 11) is -8.07. The van der Waals surface area contributed by atoms with E-state index in [1.807, 2.05) is 0 Å². The fourth-order valence-electron chi connectivity index (χ4n) is 2.59. The zero-order valence-electron chi connectivity index (χ0n) is 14.7. The van der Waals surface area contributed by atoms with Gasteiger partial charge in [0.2, 0.25) is 10.0 Å². The molecular formula is C16H17ClFK3N3O6PS. The molecule has 160 valence electrons. The van der Waals surface area contributed by atoms with Gasteiger partial charge in [-0.25, -0.2) is 22.4 Å². The standard InChI is InChI=1S/C16H14ClFN3O6PS.3K.3H/c1-27-14-7-2-10(8-13(14)18)15-16(17)19-9-21(15)11-3-5-12(6-4-11)29(25,26)20-28(22,23)24;;;;;;/h2-9H,1H3,(H3,20,22,23,24);;;;;;. The van der Waals surface area contributed by atoms with Gasteiger partial charge in [-0.1, -0.05) is 11.6 Å². The van der Waals surface area contributed by atoms with Gasteiger partial charge in [-0.3, -0.25) is 4.57 Å². The maximum atomic E-state index is 14.1. The van der Waals surface area contributed by atoms with Crippen molar-refractivity contribution in [1.82, 2.24) is 14.0 Å². The minimum atomic E-state index is -5.00. The van der Waals surface area contributed by atoms with Gasteiger partial charge in [0.15, 0.2) is 16.7 Å². The number of ether oxygens (including phenoxy) is 1. The monoisotopic (exact) mass is 581 g/mol. The molecule has 1 aromatic heterocycles. The molecule has 2 aromatic carbocycles. The third-order valence-electron chi connectivity index (χ3n) is 3.81. The van der Waals surface area contributed by atoms with Crippen LogP contribution in [0.15, 0.2) is 53.7 Å². The van der Waals surface area contributed by atoms with Gasteiger partial charge in [0.25, 0.3) is 0 Å². The average Bonchev–Trinajstić information content (AvgIpc) is 3.01. The molecule has 3 aromatic rings. The Morgan fingerprint density at radius 2 is 1.72 bits per heavy atom. The summed E-state index contributed by atoms with van der Waals surface area (Å²) in [5.74, 6) is -0.540. The fraction of sp³-hybridized carbons (Fsp3) is 0.0625. The normalized spacial score (nSPS) is 11.0. The molecule has 0 aliphatic carbocycles. The average molecular weight is 582 g/mol. The molecule has 9 nitrogen and oxygen atoms in total. The number of sulfonamides is 1. The summed E-state index contributed by atoms with van der Waals surface area (Å²) in [5, 5.41) is 0.0921. The van der Waals surface area contributed by atoms with Crippen LogP contribution in [-0.4, -0.2) is 189 Å². The van der Waals surface area contributed by atoms with Crippen LogP contribution in [0.4, 0.5) is 4.39 Å². The van der Waals surface area contributed by atoms with Crippen LogP contribution in [0.1, 0.15) is 0 Å². The molecule has 16 heteroatoms. The van der Waals surface area contributed by atoms with Crippen molar-refractivity contribution in [3.63, 3.8) is 0 Å². The molecule has 0 aliphatic rings. The summed E-state index contributed by atoms with van der Waals surface area (Å²) >= 11 is 6.15. The number of nitrogens with one attached hydrogen (secondary N) is 1. The molecule has 0 aliphatic heterocycles. The van der Waals surface area contributed by atoms with Crippen LogP contribution < -0.4 is 9.23 Å². The predicted octanol–water partition coefficient (Wildman–Crippen LogP) is 0.766. The second kappa shape index (κ2) is 14.5. The molecular weight excluding hydrogens is 565 g/mol. The van der Waals surface area contributed by atoms with Crippen molar-refractivity contribution >= 4 is 184 Å². The molecule has 0 fully saturated rings. The van der Waals surface area contributed by atoms with Crippen LogP contribution in [0.5, 0.6) is 5.75 Å². The van der Waals surface area contributed by atoms with E-state index in [0.717, 1.165) is 12.1 Å². The van der Waals surface area contributed by atoms with Gasteiger partial charge >= 0.3 is 162 Å². The molecule has 3 N–H and O–H groups in total. The number of imidazole rings is 1. The number of aromatic nitrogens is 2. The van der Waals surface area contributed by atoms with E-state index in [0.29, 0.717) is 16.9 Å². The number of halogens is 2. The van der Waals surface area contributed by atoms with Crippen molar-refractivity contribution in [2.45, 2.75) is 4.90 Å². The van der Waals surface area contributed by atoms with Gasteiger partial charge in [0, 0.05) is 11.3 Å². The molecule has 32 heavy (non-hydrogen) atoms. The van der Waals surface area contributed by atoms with E-state index >= 15 is 0 Å². The molecule has 3 rings (SSSR count). The molecule has 0 saturated heterocycles. The Labute approximate surface area is 316 Å². The molecule has 0 bridgehead atoms. The molecule has 0 spiro atoms. The van der Waals surface area contributed by atoms with Gasteiger partial charge < -0.3 is 14.5 Å². The first kappa shape index (κ1) is 34.6. The summed E-state index contributed by atoms with van der Waals surface area (Å²) in [6.45, 7) is 0. The first-order chi connectivity index (χ1) is 13.5. The molecule has 0 radical (unpaired) electrons. The second-order valence-electron chi connectivity index (χ2n) is 5.74. The maximum absolute atomic E-state index is 14.1. The van der Waals surface area contributed by atoms with Crippen molar-refractivity contribution in [2.24, 2.45) is 0 Å². The Morgan fingerprint density at radius 3 is 2.22 bits per heavy atom. The number of nitrogens with zero attached hydrogens (tertiary/aromatic N) is 2. The van der Waals surface area contributed by atoms with Crippen LogP contribution in [0, 0.1) is 5.82 Å². The summed E-state index contributed by atoms with van der Waals surface area (Å²) in [6, 6.07) is 9.32. The topological polar surface area (TPSA) is 131 Å². The van der Waals surface area contributed by atoms with Gasteiger partial charge in [0.05, 0.1) is 17.7 Å². The van der Waals surface area contributed by atoms with E-state index in [4.69, 9.17) is 26.1 Å². The van der Waals surface area contributed by atoms with Gasteiger partial charge in [-0.2, -0.15) is 0 Å². The van der Waals surface area contributed by atoms with Gasteiger partial charge in [-0.05, 0) is 42.5 Å². The minimum absolute atomic E-state index is 0. The van der Waals surface area contributed by atoms with Crippen LogP contribution in [0.3, 0.4) is 0 Å². The third kappa shape index (κ3) is 8.89. The zero-order valence-corrected chi connectivity index (χ0v) is 17.1. The third-order valence-corrected chi connectivity index (χ3v) is 6.89. The summed E-state index contributed by atoms with van der Waals surface area (Å²) < 4.78 is 56.7. The van der Waals surface area contributed by atoms with Crippen LogP contribution in [-0.2, 0) is 14.6 Å². The van der Waals surface area contributed by atoms with Crippen LogP contribution in [0.25, 0.3) is 16.9 Å². The number of rotatable bonds is 6. The summed E-state index contributed by atoms with van der Waals surface area (Å²) in [4.78, 5) is 21.3. The van der Waals surface area contributed by atoms with E-state index in [1.165, 1.54) is 46.8 Å². The Kier molecular flexibility index (Phi) is 15.7. The van der Waals surface area contributed by atoms with E-state index in [-0.39, 0.29) is 170 Å². The van der Waals surface area contributed by atoms with Crippen molar-refractivity contribution < 1.29 is 31.9 Å². The number of hydrogen-bond donors (Lipinski definition) is 3. The summed E-state index contributed by atoms with van der Waals surface area (Å²) in [5.41, 5.74) is 1.20. The van der Waals surface area contributed by atoms with E-state index < -0.39 is 23.6 Å². The first-order valence-corrected chi connectivity index (χ1v) is 11.3. The van der Waals surface area contributed by atoms with Gasteiger partial charge in [0.1, 0.15) is 6.33 Å². The Balaban J connectivity index is 0.00000320.